The molecule has 0 bridgehead atoms. The first-order valence-corrected chi connectivity index (χ1v) is 8.47. The number of fused-ring (bicyclic) bond motifs is 1. The Kier molecular flexibility index (Phi) is 3.97. The van der Waals surface area contributed by atoms with Gasteiger partial charge in [-0.3, -0.25) is 9.59 Å². The highest BCUT2D eigenvalue weighted by molar-refractivity contribution is 7.27. The predicted octanol–water partition coefficient (Wildman–Crippen LogP) is 1.47. The molecule has 21 heavy (non-hydrogen) atoms. The molecule has 1 saturated heterocycles. The highest BCUT2D eigenvalue weighted by Crippen LogP contribution is 2.31. The lowest BCUT2D eigenvalue weighted by atomic mass is 10.1. The maximum Gasteiger partial charge on any atom is 0.264 e. The van der Waals surface area contributed by atoms with Crippen molar-refractivity contribution in [3.63, 3.8) is 0 Å². The fraction of sp³-hybridized carbons (Fsp3) is 0.429. The smallest absolute Gasteiger partial charge is 0.264 e. The molecule has 7 heteroatoms. The molecular weight excluding hydrogens is 306 g/mol. The van der Waals surface area contributed by atoms with Gasteiger partial charge in [0.1, 0.15) is 6.04 Å². The van der Waals surface area contributed by atoms with Crippen LogP contribution in [0.2, 0.25) is 0 Å². The quantitative estimate of drug-likeness (QED) is 0.910. The fourth-order valence-electron chi connectivity index (χ4n) is 2.48. The summed E-state index contributed by atoms with van der Waals surface area (Å²) in [5.74, 6) is -0.0704. The fourth-order valence-corrected chi connectivity index (χ4v) is 4.54. The first-order valence-electron chi connectivity index (χ1n) is 6.78. The van der Waals surface area contributed by atoms with Gasteiger partial charge >= 0.3 is 0 Å². The first kappa shape index (κ1) is 14.5. The summed E-state index contributed by atoms with van der Waals surface area (Å²) in [7, 11) is 3.45. The monoisotopic (exact) mass is 323 g/mol. The zero-order valence-electron chi connectivity index (χ0n) is 12.0. The van der Waals surface area contributed by atoms with Crippen molar-refractivity contribution in [2.45, 2.75) is 6.04 Å². The third-order valence-electron chi connectivity index (χ3n) is 3.58. The Hall–Kier alpha value is -1.44. The largest absolute Gasteiger partial charge is 0.347 e. The third kappa shape index (κ3) is 2.68. The summed E-state index contributed by atoms with van der Waals surface area (Å²) < 4.78 is 2.27. The average Bonchev–Trinajstić information content (AvgIpc) is 3.06. The number of rotatable bonds is 2. The zero-order chi connectivity index (χ0) is 15.0. The topological polar surface area (TPSA) is 52.7 Å². The molecule has 1 aliphatic heterocycles. The van der Waals surface area contributed by atoms with Crippen LogP contribution >= 0.6 is 22.7 Å². The van der Waals surface area contributed by atoms with Crippen LogP contribution in [0.1, 0.15) is 9.67 Å². The van der Waals surface area contributed by atoms with Crippen LogP contribution in [0, 0.1) is 0 Å². The lowest BCUT2D eigenvalue weighted by Crippen LogP contribution is -2.59. The summed E-state index contributed by atoms with van der Waals surface area (Å²) in [5, 5.41) is 5.22. The standard InChI is InChI=1S/C14H17N3O2S2/c1-16(2)13(18)9-8-15-4-5-17(9)14(19)12-7-11-10(21-12)3-6-20-11/h3,6-7,9,15H,4-5,8H2,1-2H3. The molecule has 0 spiro atoms. The number of hydrogen-bond acceptors (Lipinski definition) is 5. The van der Waals surface area contributed by atoms with E-state index in [-0.39, 0.29) is 11.8 Å². The Morgan fingerprint density at radius 3 is 2.90 bits per heavy atom. The van der Waals surface area contributed by atoms with E-state index in [1.165, 1.54) is 11.3 Å². The third-order valence-corrected chi connectivity index (χ3v) is 5.66. The van der Waals surface area contributed by atoms with E-state index in [0.29, 0.717) is 13.1 Å². The van der Waals surface area contributed by atoms with Crippen LogP contribution < -0.4 is 5.32 Å². The Bertz CT molecular complexity index is 648. The highest BCUT2D eigenvalue weighted by atomic mass is 32.1. The van der Waals surface area contributed by atoms with Gasteiger partial charge in [0.25, 0.3) is 5.91 Å². The van der Waals surface area contributed by atoms with E-state index >= 15 is 0 Å². The minimum absolute atomic E-state index is 0.0334. The predicted molar refractivity (Wildman–Crippen MR) is 86.1 cm³/mol. The van der Waals surface area contributed by atoms with E-state index in [0.717, 1.165) is 20.8 Å². The highest BCUT2D eigenvalue weighted by Gasteiger charge is 2.34. The number of thiophene rings is 2. The van der Waals surface area contributed by atoms with Gasteiger partial charge in [-0.1, -0.05) is 0 Å². The zero-order valence-corrected chi connectivity index (χ0v) is 13.6. The lowest BCUT2D eigenvalue weighted by molar-refractivity contribution is -0.134. The number of carbonyl (C=O) groups is 2. The molecule has 1 fully saturated rings. The van der Waals surface area contributed by atoms with Crippen LogP contribution in [-0.4, -0.2) is 61.4 Å². The molecule has 2 aromatic rings. The van der Waals surface area contributed by atoms with E-state index in [4.69, 9.17) is 0 Å². The number of amides is 2. The van der Waals surface area contributed by atoms with E-state index in [9.17, 15) is 9.59 Å². The summed E-state index contributed by atoms with van der Waals surface area (Å²) in [6, 6.07) is 3.55. The molecule has 3 rings (SSSR count). The van der Waals surface area contributed by atoms with Crippen LogP contribution in [0.25, 0.3) is 9.40 Å². The van der Waals surface area contributed by atoms with Crippen LogP contribution in [0.15, 0.2) is 17.5 Å². The van der Waals surface area contributed by atoms with Crippen LogP contribution in [0.5, 0.6) is 0 Å². The van der Waals surface area contributed by atoms with Gasteiger partial charge < -0.3 is 15.1 Å². The molecule has 0 radical (unpaired) electrons. The van der Waals surface area contributed by atoms with Gasteiger partial charge in [0.15, 0.2) is 0 Å². The van der Waals surface area contributed by atoms with Crippen molar-refractivity contribution in [2.75, 3.05) is 33.7 Å². The summed E-state index contributed by atoms with van der Waals surface area (Å²) in [6.07, 6.45) is 0. The molecule has 1 unspecified atom stereocenters. The van der Waals surface area contributed by atoms with E-state index in [1.54, 1.807) is 35.2 Å². The number of likely N-dealkylation sites (N-methyl/N-ethyl adjacent to an activating group) is 1. The number of nitrogens with one attached hydrogen (secondary N) is 1. The average molecular weight is 323 g/mol. The molecule has 2 amide bonds. The summed E-state index contributed by atoms with van der Waals surface area (Å²) >= 11 is 3.14. The van der Waals surface area contributed by atoms with Crippen molar-refractivity contribution in [2.24, 2.45) is 0 Å². The van der Waals surface area contributed by atoms with Gasteiger partial charge in [-0.05, 0) is 17.5 Å². The second kappa shape index (κ2) is 5.75. The molecule has 1 aliphatic rings. The van der Waals surface area contributed by atoms with Crippen molar-refractivity contribution in [3.05, 3.63) is 22.4 Å². The molecule has 5 nitrogen and oxygen atoms in total. The molecule has 0 aromatic carbocycles. The Labute approximate surface area is 131 Å². The van der Waals surface area contributed by atoms with Crippen LogP contribution in [-0.2, 0) is 4.79 Å². The second-order valence-corrected chi connectivity index (χ2v) is 7.24. The molecule has 112 valence electrons. The minimum Gasteiger partial charge on any atom is -0.347 e. The minimum atomic E-state index is -0.415. The van der Waals surface area contributed by atoms with Crippen molar-refractivity contribution >= 4 is 43.9 Å². The van der Waals surface area contributed by atoms with E-state index in [2.05, 4.69) is 5.32 Å². The Morgan fingerprint density at radius 1 is 1.38 bits per heavy atom. The number of carbonyl (C=O) groups excluding carboxylic acids is 2. The van der Waals surface area contributed by atoms with Crippen LogP contribution in [0.3, 0.4) is 0 Å². The molecular formula is C14H17N3O2S2. The number of hydrogen-bond donors (Lipinski definition) is 1. The van der Waals surface area contributed by atoms with E-state index < -0.39 is 6.04 Å². The second-order valence-electron chi connectivity index (χ2n) is 5.21. The maximum atomic E-state index is 12.7. The van der Waals surface area contributed by atoms with Crippen molar-refractivity contribution in [1.29, 1.82) is 0 Å². The van der Waals surface area contributed by atoms with Gasteiger partial charge in [0.2, 0.25) is 5.91 Å². The molecule has 1 N–H and O–H groups in total. The molecule has 1 atom stereocenters. The first-order chi connectivity index (χ1) is 10.1. The summed E-state index contributed by atoms with van der Waals surface area (Å²) in [6.45, 7) is 1.81. The van der Waals surface area contributed by atoms with E-state index in [1.807, 2.05) is 17.5 Å². The Balaban J connectivity index is 1.87. The maximum absolute atomic E-state index is 12.7. The van der Waals surface area contributed by atoms with Gasteiger partial charge in [0.05, 0.1) is 4.88 Å². The van der Waals surface area contributed by atoms with Crippen LogP contribution in [0.4, 0.5) is 0 Å². The van der Waals surface area contributed by atoms with Gasteiger partial charge in [-0.25, -0.2) is 0 Å². The normalized spacial score (nSPS) is 19.0. The van der Waals surface area contributed by atoms with Gasteiger partial charge in [-0.2, -0.15) is 0 Å². The van der Waals surface area contributed by atoms with Crippen molar-refractivity contribution < 1.29 is 9.59 Å². The Morgan fingerprint density at radius 2 is 2.19 bits per heavy atom. The molecule has 0 aliphatic carbocycles. The SMILES string of the molecule is CN(C)C(=O)C1CNCCN1C(=O)c1cc2sccc2s1. The van der Waals surface area contributed by atoms with Gasteiger partial charge in [0, 0.05) is 43.1 Å². The molecule has 0 saturated carbocycles. The lowest BCUT2D eigenvalue weighted by Gasteiger charge is -2.36. The summed E-state index contributed by atoms with van der Waals surface area (Å²) in [5.41, 5.74) is 0. The number of nitrogens with zero attached hydrogens (tertiary/aromatic N) is 2. The molecule has 2 aromatic heterocycles. The van der Waals surface area contributed by atoms with Crippen molar-refractivity contribution in [3.8, 4) is 0 Å². The van der Waals surface area contributed by atoms with Crippen molar-refractivity contribution in [1.82, 2.24) is 15.1 Å². The van der Waals surface area contributed by atoms with Gasteiger partial charge in [-0.15, -0.1) is 22.7 Å². The summed E-state index contributed by atoms with van der Waals surface area (Å²) in [4.78, 5) is 29.0. The number of piperazine rings is 1. The molecule has 3 heterocycles.